The van der Waals surface area contributed by atoms with Crippen LogP contribution in [0.4, 0.5) is 0 Å². The van der Waals surface area contributed by atoms with Gasteiger partial charge in [0.15, 0.2) is 17.5 Å². The van der Waals surface area contributed by atoms with Crippen molar-refractivity contribution in [3.05, 3.63) is 29.3 Å². The highest BCUT2D eigenvalue weighted by Gasteiger charge is 2.34. The lowest BCUT2D eigenvalue weighted by Gasteiger charge is -2.32. The molecule has 1 aromatic heterocycles. The fraction of sp³-hybridized carbons (Fsp3) is 0.312. The third-order valence-electron chi connectivity index (χ3n) is 4.01. The van der Waals surface area contributed by atoms with E-state index in [9.17, 15) is 14.7 Å². The number of amides is 1. The average Bonchev–Trinajstić information content (AvgIpc) is 3.29. The quantitative estimate of drug-likeness (QED) is 0.883. The third-order valence-corrected chi connectivity index (χ3v) is 5.04. The van der Waals surface area contributed by atoms with E-state index in [2.05, 4.69) is 4.98 Å². The summed E-state index contributed by atoms with van der Waals surface area (Å²) >= 11 is 1.21. The van der Waals surface area contributed by atoms with Crippen LogP contribution in [0, 0.1) is 0 Å². The number of thiazole rings is 1. The molecule has 0 unspecified atom stereocenters. The first-order valence-corrected chi connectivity index (χ1v) is 8.42. The number of rotatable bonds is 3. The van der Waals surface area contributed by atoms with Gasteiger partial charge < -0.3 is 24.2 Å². The van der Waals surface area contributed by atoms with Crippen molar-refractivity contribution in [3.63, 3.8) is 0 Å². The van der Waals surface area contributed by atoms with Crippen LogP contribution >= 0.6 is 11.3 Å². The van der Waals surface area contributed by atoms with Crippen molar-refractivity contribution in [3.8, 4) is 22.1 Å². The van der Waals surface area contributed by atoms with Crippen LogP contribution in [-0.2, 0) is 9.53 Å². The van der Waals surface area contributed by atoms with E-state index in [0.717, 1.165) is 5.56 Å². The molecule has 0 spiro atoms. The van der Waals surface area contributed by atoms with Crippen LogP contribution in [0.25, 0.3) is 10.6 Å². The van der Waals surface area contributed by atoms with Crippen molar-refractivity contribution in [2.24, 2.45) is 0 Å². The number of nitrogens with zero attached hydrogens (tertiary/aromatic N) is 2. The maximum absolute atomic E-state index is 12.7. The van der Waals surface area contributed by atoms with Gasteiger partial charge in [0.2, 0.25) is 6.79 Å². The van der Waals surface area contributed by atoms with Crippen LogP contribution in [0.15, 0.2) is 24.4 Å². The number of benzene rings is 1. The molecule has 1 atom stereocenters. The first kappa shape index (κ1) is 15.9. The van der Waals surface area contributed by atoms with E-state index in [-0.39, 0.29) is 25.9 Å². The molecule has 0 bridgehead atoms. The maximum atomic E-state index is 12.7. The second kappa shape index (κ2) is 6.34. The number of carboxylic acid groups (broad SMARTS) is 1. The van der Waals surface area contributed by atoms with Crippen LogP contribution < -0.4 is 9.47 Å². The first-order valence-electron chi connectivity index (χ1n) is 7.61. The molecule has 0 aliphatic carbocycles. The van der Waals surface area contributed by atoms with Crippen molar-refractivity contribution < 1.29 is 28.9 Å². The van der Waals surface area contributed by atoms with Gasteiger partial charge in [-0.05, 0) is 18.2 Å². The highest BCUT2D eigenvalue weighted by molar-refractivity contribution is 7.16. The van der Waals surface area contributed by atoms with Gasteiger partial charge in [-0.2, -0.15) is 0 Å². The third kappa shape index (κ3) is 2.92. The topological polar surface area (TPSA) is 98.2 Å². The predicted molar refractivity (Wildman–Crippen MR) is 87.0 cm³/mol. The lowest BCUT2D eigenvalue weighted by Crippen LogP contribution is -2.52. The summed E-state index contributed by atoms with van der Waals surface area (Å²) in [6, 6.07) is 4.47. The van der Waals surface area contributed by atoms with Crippen LogP contribution in [0.5, 0.6) is 11.5 Å². The van der Waals surface area contributed by atoms with Gasteiger partial charge in [-0.15, -0.1) is 11.3 Å². The van der Waals surface area contributed by atoms with Crippen LogP contribution in [0.3, 0.4) is 0 Å². The number of hydrogen-bond donors (Lipinski definition) is 1. The number of hydrogen-bond acceptors (Lipinski definition) is 7. The van der Waals surface area contributed by atoms with Gasteiger partial charge in [-0.25, -0.2) is 9.78 Å². The Labute approximate surface area is 146 Å². The van der Waals surface area contributed by atoms with E-state index in [1.54, 1.807) is 6.07 Å². The fourth-order valence-electron chi connectivity index (χ4n) is 2.73. The Bertz CT molecular complexity index is 836. The van der Waals surface area contributed by atoms with E-state index in [1.807, 2.05) is 12.1 Å². The summed E-state index contributed by atoms with van der Waals surface area (Å²) in [6.45, 7) is 0.749. The summed E-state index contributed by atoms with van der Waals surface area (Å²) in [5, 5.41) is 9.92. The number of ether oxygens (including phenoxy) is 3. The molecule has 4 rings (SSSR count). The van der Waals surface area contributed by atoms with E-state index in [0.29, 0.717) is 28.0 Å². The Morgan fingerprint density at radius 2 is 2.12 bits per heavy atom. The number of carboxylic acids is 1. The average molecular weight is 362 g/mol. The molecule has 130 valence electrons. The molecule has 3 heterocycles. The van der Waals surface area contributed by atoms with Crippen molar-refractivity contribution in [2.45, 2.75) is 6.04 Å². The minimum Gasteiger partial charge on any atom is -0.480 e. The molecule has 2 aliphatic rings. The minimum absolute atomic E-state index is 0.00506. The highest BCUT2D eigenvalue weighted by atomic mass is 32.1. The molecule has 1 fully saturated rings. The van der Waals surface area contributed by atoms with E-state index < -0.39 is 12.0 Å². The van der Waals surface area contributed by atoms with Gasteiger partial charge in [0, 0.05) is 12.1 Å². The summed E-state index contributed by atoms with van der Waals surface area (Å²) in [5.74, 6) is -0.109. The molecule has 1 saturated heterocycles. The Kier molecular flexibility index (Phi) is 4.02. The molecule has 0 saturated carbocycles. The number of aliphatic carboxylic acids is 1. The Balaban J connectivity index is 1.58. The molecule has 2 aromatic rings. The second-order valence-electron chi connectivity index (χ2n) is 5.53. The minimum atomic E-state index is -1.08. The Hall–Kier alpha value is -2.65. The molecule has 1 N–H and O–H groups in total. The summed E-state index contributed by atoms with van der Waals surface area (Å²) in [5.41, 5.74) is 0.810. The lowest BCUT2D eigenvalue weighted by atomic mass is 10.2. The molecule has 2 aliphatic heterocycles. The van der Waals surface area contributed by atoms with Crippen molar-refractivity contribution in [1.29, 1.82) is 0 Å². The number of aromatic nitrogens is 1. The number of carbonyl (C=O) groups is 2. The predicted octanol–water partition coefficient (Wildman–Crippen LogP) is 1.46. The maximum Gasteiger partial charge on any atom is 0.328 e. The van der Waals surface area contributed by atoms with E-state index in [4.69, 9.17) is 14.2 Å². The van der Waals surface area contributed by atoms with Crippen LogP contribution in [0.2, 0.25) is 0 Å². The largest absolute Gasteiger partial charge is 0.480 e. The van der Waals surface area contributed by atoms with Gasteiger partial charge in [0.05, 0.1) is 19.4 Å². The van der Waals surface area contributed by atoms with Gasteiger partial charge in [0.1, 0.15) is 9.88 Å². The Morgan fingerprint density at radius 1 is 1.28 bits per heavy atom. The number of morpholine rings is 1. The summed E-state index contributed by atoms with van der Waals surface area (Å²) in [7, 11) is 0. The standard InChI is InChI=1S/C16H14N2O6S/c19-15(18-3-4-22-7-10(18)16(20)21)13-6-17-14(25-13)9-1-2-11-12(5-9)24-8-23-11/h1-2,5-6,10H,3-4,7-8H2,(H,20,21)/t10-/m1/s1. The van der Waals surface area contributed by atoms with Crippen molar-refractivity contribution in [2.75, 3.05) is 26.6 Å². The highest BCUT2D eigenvalue weighted by Crippen LogP contribution is 2.37. The molecular formula is C16H14N2O6S. The zero-order chi connectivity index (χ0) is 17.4. The van der Waals surface area contributed by atoms with Gasteiger partial charge in [0.25, 0.3) is 5.91 Å². The second-order valence-corrected chi connectivity index (χ2v) is 6.56. The smallest absolute Gasteiger partial charge is 0.328 e. The Morgan fingerprint density at radius 3 is 2.96 bits per heavy atom. The van der Waals surface area contributed by atoms with Gasteiger partial charge >= 0.3 is 5.97 Å². The van der Waals surface area contributed by atoms with Crippen LogP contribution in [0.1, 0.15) is 9.67 Å². The summed E-state index contributed by atoms with van der Waals surface area (Å²) < 4.78 is 15.8. The molecule has 25 heavy (non-hydrogen) atoms. The van der Waals surface area contributed by atoms with E-state index >= 15 is 0 Å². The van der Waals surface area contributed by atoms with Crippen LogP contribution in [-0.4, -0.2) is 59.5 Å². The van der Waals surface area contributed by atoms with Crippen molar-refractivity contribution >= 4 is 23.2 Å². The molecule has 9 heteroatoms. The number of fused-ring (bicyclic) bond motifs is 1. The normalized spacial score (nSPS) is 19.0. The molecule has 8 nitrogen and oxygen atoms in total. The SMILES string of the molecule is O=C(O)[C@H]1COCCN1C(=O)c1cnc(-c2ccc3c(c2)OCO3)s1. The van der Waals surface area contributed by atoms with E-state index in [1.165, 1.54) is 22.4 Å². The van der Waals surface area contributed by atoms with Gasteiger partial charge in [-0.3, -0.25) is 4.79 Å². The van der Waals surface area contributed by atoms with Crippen molar-refractivity contribution in [1.82, 2.24) is 9.88 Å². The summed E-state index contributed by atoms with van der Waals surface area (Å²) in [6.07, 6.45) is 1.47. The van der Waals surface area contributed by atoms with Gasteiger partial charge in [-0.1, -0.05) is 0 Å². The monoisotopic (exact) mass is 362 g/mol. The molecular weight excluding hydrogens is 348 g/mol. The lowest BCUT2D eigenvalue weighted by molar-refractivity contribution is -0.147. The molecule has 1 amide bonds. The first-order chi connectivity index (χ1) is 12.1. The number of carbonyl (C=O) groups excluding carboxylic acids is 1. The zero-order valence-electron chi connectivity index (χ0n) is 13.0. The zero-order valence-corrected chi connectivity index (χ0v) is 13.8. The fourth-order valence-corrected chi connectivity index (χ4v) is 3.60. The molecule has 0 radical (unpaired) electrons. The summed E-state index contributed by atoms with van der Waals surface area (Å²) in [4.78, 5) is 30.0. The molecule has 1 aromatic carbocycles.